The maximum absolute atomic E-state index is 3.44. The molecule has 0 aromatic carbocycles. The first-order valence-electron chi connectivity index (χ1n) is 6.56. The van der Waals surface area contributed by atoms with Gasteiger partial charge in [0.15, 0.2) is 0 Å². The van der Waals surface area contributed by atoms with E-state index >= 15 is 0 Å². The van der Waals surface area contributed by atoms with E-state index in [0.717, 1.165) is 13.1 Å². The summed E-state index contributed by atoms with van der Waals surface area (Å²) in [5.41, 5.74) is 0.619. The lowest BCUT2D eigenvalue weighted by molar-refractivity contribution is 0.0863. The van der Waals surface area contributed by atoms with Gasteiger partial charge in [0.1, 0.15) is 0 Å². The van der Waals surface area contributed by atoms with Gasteiger partial charge in [-0.05, 0) is 44.8 Å². The van der Waals surface area contributed by atoms with Gasteiger partial charge >= 0.3 is 0 Å². The molecule has 1 aliphatic rings. The summed E-state index contributed by atoms with van der Waals surface area (Å²) in [6.45, 7) is 14.1. The molecule has 0 saturated carbocycles. The molecule has 1 saturated heterocycles. The highest BCUT2D eigenvalue weighted by molar-refractivity contribution is 4.83. The average Bonchev–Trinajstić information content (AvgIpc) is 2.27. The predicted octanol–water partition coefficient (Wildman–Crippen LogP) is 2.50. The number of hydrogen-bond acceptors (Lipinski definition) is 2. The van der Waals surface area contributed by atoms with Gasteiger partial charge in [0, 0.05) is 12.6 Å². The zero-order chi connectivity index (χ0) is 11.3. The third kappa shape index (κ3) is 3.76. The van der Waals surface area contributed by atoms with E-state index in [1.54, 1.807) is 0 Å². The molecule has 2 nitrogen and oxygen atoms in total. The van der Waals surface area contributed by atoms with Crippen LogP contribution in [0, 0.1) is 5.41 Å². The predicted molar refractivity (Wildman–Crippen MR) is 67.2 cm³/mol. The average molecular weight is 212 g/mol. The van der Waals surface area contributed by atoms with Gasteiger partial charge in [0.2, 0.25) is 0 Å². The largest absolute Gasteiger partial charge is 0.315 e. The molecule has 0 amide bonds. The fourth-order valence-electron chi connectivity index (χ4n) is 2.34. The second-order valence-electron chi connectivity index (χ2n) is 5.36. The van der Waals surface area contributed by atoms with Gasteiger partial charge in [-0.3, -0.25) is 4.90 Å². The fourth-order valence-corrected chi connectivity index (χ4v) is 2.34. The van der Waals surface area contributed by atoms with Gasteiger partial charge in [-0.2, -0.15) is 0 Å². The summed E-state index contributed by atoms with van der Waals surface area (Å²) in [6.07, 6.45) is 4.09. The van der Waals surface area contributed by atoms with Crippen molar-refractivity contribution in [3.63, 3.8) is 0 Å². The van der Waals surface area contributed by atoms with Crippen molar-refractivity contribution in [2.24, 2.45) is 5.41 Å². The molecule has 1 aliphatic heterocycles. The van der Waals surface area contributed by atoms with Crippen molar-refractivity contribution in [3.05, 3.63) is 0 Å². The first-order chi connectivity index (χ1) is 7.11. The molecule has 0 spiro atoms. The highest BCUT2D eigenvalue weighted by Crippen LogP contribution is 2.34. The molecule has 0 aliphatic carbocycles. The van der Waals surface area contributed by atoms with E-state index in [2.05, 4.69) is 37.9 Å². The standard InChI is InChI=1S/C13H28N2/c1-5-13(4)7-9-15(10-8-13)12(3)11-14-6-2/h12,14H,5-11H2,1-4H3. The molecule has 0 bridgehead atoms. The number of piperidine rings is 1. The highest BCUT2D eigenvalue weighted by atomic mass is 15.2. The number of rotatable bonds is 5. The van der Waals surface area contributed by atoms with Crippen LogP contribution in [0.3, 0.4) is 0 Å². The van der Waals surface area contributed by atoms with Crippen molar-refractivity contribution in [2.45, 2.75) is 53.0 Å². The summed E-state index contributed by atoms with van der Waals surface area (Å²) in [6, 6.07) is 0.700. The summed E-state index contributed by atoms with van der Waals surface area (Å²) < 4.78 is 0. The minimum absolute atomic E-state index is 0.619. The van der Waals surface area contributed by atoms with E-state index in [-0.39, 0.29) is 0 Å². The lowest BCUT2D eigenvalue weighted by Gasteiger charge is -2.41. The topological polar surface area (TPSA) is 15.3 Å². The smallest absolute Gasteiger partial charge is 0.0192 e. The zero-order valence-electron chi connectivity index (χ0n) is 11.0. The molecule has 1 unspecified atom stereocenters. The van der Waals surface area contributed by atoms with Crippen LogP contribution >= 0.6 is 0 Å². The minimum atomic E-state index is 0.619. The second kappa shape index (κ2) is 5.86. The minimum Gasteiger partial charge on any atom is -0.315 e. The Hall–Kier alpha value is -0.0800. The molecule has 0 radical (unpaired) electrons. The molecule has 1 rings (SSSR count). The lowest BCUT2D eigenvalue weighted by Crippen LogP contribution is -2.46. The Morgan fingerprint density at radius 1 is 1.27 bits per heavy atom. The van der Waals surface area contributed by atoms with Gasteiger partial charge in [0.05, 0.1) is 0 Å². The molecule has 0 aromatic rings. The maximum atomic E-state index is 3.44. The Labute approximate surface area is 95.4 Å². The van der Waals surface area contributed by atoms with Gasteiger partial charge in [-0.25, -0.2) is 0 Å². The summed E-state index contributed by atoms with van der Waals surface area (Å²) in [7, 11) is 0. The van der Waals surface area contributed by atoms with Crippen LogP contribution in [0.4, 0.5) is 0 Å². The third-order valence-electron chi connectivity index (χ3n) is 4.17. The Morgan fingerprint density at radius 2 is 1.87 bits per heavy atom. The van der Waals surface area contributed by atoms with Crippen LogP contribution in [0.25, 0.3) is 0 Å². The highest BCUT2D eigenvalue weighted by Gasteiger charge is 2.29. The second-order valence-corrected chi connectivity index (χ2v) is 5.36. The van der Waals surface area contributed by atoms with E-state index in [9.17, 15) is 0 Å². The molecule has 1 atom stereocenters. The molecule has 1 fully saturated rings. The van der Waals surface area contributed by atoms with E-state index in [1.165, 1.54) is 32.4 Å². The molecule has 2 heteroatoms. The molecule has 1 heterocycles. The first kappa shape index (κ1) is 13.0. The van der Waals surface area contributed by atoms with E-state index in [1.807, 2.05) is 0 Å². The van der Waals surface area contributed by atoms with Crippen molar-refractivity contribution < 1.29 is 0 Å². The molecular formula is C13H28N2. The summed E-state index contributed by atoms with van der Waals surface area (Å²) >= 11 is 0. The van der Waals surface area contributed by atoms with Crippen molar-refractivity contribution in [1.29, 1.82) is 0 Å². The van der Waals surface area contributed by atoms with Gasteiger partial charge in [-0.1, -0.05) is 27.2 Å². The van der Waals surface area contributed by atoms with Crippen LogP contribution in [0.5, 0.6) is 0 Å². The summed E-state index contributed by atoms with van der Waals surface area (Å²) in [4.78, 5) is 2.64. The Morgan fingerprint density at radius 3 is 2.33 bits per heavy atom. The van der Waals surface area contributed by atoms with Crippen LogP contribution < -0.4 is 5.32 Å². The van der Waals surface area contributed by atoms with E-state index in [0.29, 0.717) is 11.5 Å². The van der Waals surface area contributed by atoms with Crippen LogP contribution in [-0.4, -0.2) is 37.1 Å². The number of hydrogen-bond donors (Lipinski definition) is 1. The van der Waals surface area contributed by atoms with E-state index < -0.39 is 0 Å². The third-order valence-corrected chi connectivity index (χ3v) is 4.17. The Kier molecular flexibility index (Phi) is 5.07. The SMILES string of the molecule is CCNCC(C)N1CCC(C)(CC)CC1. The molecule has 1 N–H and O–H groups in total. The van der Waals surface area contributed by atoms with Crippen LogP contribution in [0.1, 0.15) is 47.0 Å². The summed E-state index contributed by atoms with van der Waals surface area (Å²) in [5.74, 6) is 0. The monoisotopic (exact) mass is 212 g/mol. The van der Waals surface area contributed by atoms with Crippen LogP contribution in [-0.2, 0) is 0 Å². The Bertz CT molecular complexity index is 171. The summed E-state index contributed by atoms with van der Waals surface area (Å²) in [5, 5.41) is 3.44. The molecule has 15 heavy (non-hydrogen) atoms. The number of likely N-dealkylation sites (N-methyl/N-ethyl adjacent to an activating group) is 1. The number of likely N-dealkylation sites (tertiary alicyclic amines) is 1. The number of nitrogens with zero attached hydrogens (tertiary/aromatic N) is 1. The van der Waals surface area contributed by atoms with Gasteiger partial charge in [0.25, 0.3) is 0 Å². The molecule has 0 aromatic heterocycles. The normalized spacial score (nSPS) is 24.0. The van der Waals surface area contributed by atoms with Crippen LogP contribution in [0.2, 0.25) is 0 Å². The quantitative estimate of drug-likeness (QED) is 0.753. The first-order valence-corrected chi connectivity index (χ1v) is 6.56. The van der Waals surface area contributed by atoms with Gasteiger partial charge in [-0.15, -0.1) is 0 Å². The fraction of sp³-hybridized carbons (Fsp3) is 1.00. The van der Waals surface area contributed by atoms with Gasteiger partial charge < -0.3 is 5.32 Å². The van der Waals surface area contributed by atoms with Crippen molar-refractivity contribution in [2.75, 3.05) is 26.2 Å². The van der Waals surface area contributed by atoms with Crippen molar-refractivity contribution in [3.8, 4) is 0 Å². The maximum Gasteiger partial charge on any atom is 0.0192 e. The molecular weight excluding hydrogens is 184 g/mol. The molecule has 90 valence electrons. The van der Waals surface area contributed by atoms with Crippen molar-refractivity contribution >= 4 is 0 Å². The zero-order valence-corrected chi connectivity index (χ0v) is 11.0. The Balaban J connectivity index is 2.30. The van der Waals surface area contributed by atoms with Crippen LogP contribution in [0.15, 0.2) is 0 Å². The van der Waals surface area contributed by atoms with E-state index in [4.69, 9.17) is 0 Å². The van der Waals surface area contributed by atoms with Crippen molar-refractivity contribution in [1.82, 2.24) is 10.2 Å². The lowest BCUT2D eigenvalue weighted by atomic mass is 9.78. The number of nitrogens with one attached hydrogen (secondary N) is 1.